The van der Waals surface area contributed by atoms with Crippen LogP contribution >= 0.6 is 0 Å². The minimum absolute atomic E-state index is 0.686. The Kier molecular flexibility index (Phi) is 6.68. The molecule has 0 amide bonds. The van der Waals surface area contributed by atoms with Crippen molar-refractivity contribution in [3.05, 3.63) is 29.3 Å². The lowest BCUT2D eigenvalue weighted by Gasteiger charge is -2.19. The molecule has 5 N–H and O–H groups in total. The van der Waals surface area contributed by atoms with E-state index in [4.69, 9.17) is 11.5 Å². The van der Waals surface area contributed by atoms with E-state index in [-0.39, 0.29) is 0 Å². The van der Waals surface area contributed by atoms with Crippen LogP contribution < -0.4 is 21.7 Å². The third-order valence-electron chi connectivity index (χ3n) is 4.69. The second-order valence-electron chi connectivity index (χ2n) is 6.78. The Labute approximate surface area is 135 Å². The molecule has 2 fully saturated rings. The van der Waals surface area contributed by atoms with Gasteiger partial charge >= 0.3 is 0 Å². The highest BCUT2D eigenvalue weighted by molar-refractivity contribution is 5.51. The highest BCUT2D eigenvalue weighted by atomic mass is 15.2. The third-order valence-corrected chi connectivity index (χ3v) is 4.69. The lowest BCUT2D eigenvalue weighted by Crippen LogP contribution is -2.22. The first-order valence-electron chi connectivity index (χ1n) is 8.56. The van der Waals surface area contributed by atoms with Crippen LogP contribution in [-0.2, 0) is 0 Å². The van der Waals surface area contributed by atoms with Crippen molar-refractivity contribution < 1.29 is 0 Å². The van der Waals surface area contributed by atoms with Gasteiger partial charge in [0.05, 0.1) is 0 Å². The SMILES string of the molecule is Cc1cc(C)cc(N2CCC(CN)C2)c1.NCC1CCNC1. The van der Waals surface area contributed by atoms with Crippen LogP contribution in [0.15, 0.2) is 18.2 Å². The van der Waals surface area contributed by atoms with Crippen molar-refractivity contribution in [3.8, 4) is 0 Å². The van der Waals surface area contributed by atoms with Crippen molar-refractivity contribution in [2.24, 2.45) is 23.3 Å². The van der Waals surface area contributed by atoms with Crippen LogP contribution in [0, 0.1) is 25.7 Å². The molecule has 0 saturated carbocycles. The largest absolute Gasteiger partial charge is 0.371 e. The van der Waals surface area contributed by atoms with Crippen LogP contribution in [0.25, 0.3) is 0 Å². The summed E-state index contributed by atoms with van der Waals surface area (Å²) in [6.07, 6.45) is 2.51. The zero-order valence-electron chi connectivity index (χ0n) is 14.1. The zero-order valence-corrected chi connectivity index (χ0v) is 14.1. The van der Waals surface area contributed by atoms with Crippen LogP contribution in [0.4, 0.5) is 5.69 Å². The van der Waals surface area contributed by atoms with Crippen LogP contribution in [0.1, 0.15) is 24.0 Å². The summed E-state index contributed by atoms with van der Waals surface area (Å²) < 4.78 is 0. The molecule has 124 valence electrons. The molecule has 1 aromatic carbocycles. The summed E-state index contributed by atoms with van der Waals surface area (Å²) in [6.45, 7) is 10.6. The first-order chi connectivity index (χ1) is 10.6. The highest BCUT2D eigenvalue weighted by Crippen LogP contribution is 2.25. The second-order valence-corrected chi connectivity index (χ2v) is 6.78. The maximum absolute atomic E-state index is 5.71. The van der Waals surface area contributed by atoms with Gasteiger partial charge in [-0.1, -0.05) is 6.07 Å². The fourth-order valence-electron chi connectivity index (χ4n) is 3.31. The average Bonchev–Trinajstić information content (AvgIpc) is 3.18. The molecule has 0 spiro atoms. The molecule has 0 aliphatic carbocycles. The summed E-state index contributed by atoms with van der Waals surface area (Å²) in [5.74, 6) is 1.45. The van der Waals surface area contributed by atoms with Crippen molar-refractivity contribution in [2.75, 3.05) is 44.2 Å². The van der Waals surface area contributed by atoms with E-state index < -0.39 is 0 Å². The molecule has 2 heterocycles. The number of aryl methyl sites for hydroxylation is 2. The number of rotatable bonds is 3. The minimum atomic E-state index is 0.686. The van der Waals surface area contributed by atoms with Crippen molar-refractivity contribution >= 4 is 5.69 Å². The summed E-state index contributed by atoms with van der Waals surface area (Å²) in [4.78, 5) is 2.46. The van der Waals surface area contributed by atoms with Gasteiger partial charge in [0.1, 0.15) is 0 Å². The number of anilines is 1. The summed E-state index contributed by atoms with van der Waals surface area (Å²) >= 11 is 0. The molecule has 0 aromatic heterocycles. The molecular formula is C18H32N4. The van der Waals surface area contributed by atoms with E-state index in [1.54, 1.807) is 0 Å². The van der Waals surface area contributed by atoms with E-state index in [1.807, 2.05) is 0 Å². The van der Waals surface area contributed by atoms with Crippen LogP contribution in [0.2, 0.25) is 0 Å². The highest BCUT2D eigenvalue weighted by Gasteiger charge is 2.21. The Hall–Kier alpha value is -1.10. The van der Waals surface area contributed by atoms with Crippen molar-refractivity contribution in [1.29, 1.82) is 0 Å². The van der Waals surface area contributed by atoms with Crippen LogP contribution in [0.5, 0.6) is 0 Å². The number of nitrogens with zero attached hydrogens (tertiary/aromatic N) is 1. The van der Waals surface area contributed by atoms with Gasteiger partial charge < -0.3 is 21.7 Å². The van der Waals surface area contributed by atoms with Gasteiger partial charge in [-0.25, -0.2) is 0 Å². The standard InChI is InChI=1S/C13H20N2.C5H12N2/c1-10-5-11(2)7-13(6-10)15-4-3-12(8-14)9-15;6-3-5-1-2-7-4-5/h5-7,12H,3-4,8-9,14H2,1-2H3;5,7H,1-4,6H2. The van der Waals surface area contributed by atoms with Gasteiger partial charge in [-0.3, -0.25) is 0 Å². The van der Waals surface area contributed by atoms with E-state index in [2.05, 4.69) is 42.3 Å². The fraction of sp³-hybridized carbons (Fsp3) is 0.667. The lowest BCUT2D eigenvalue weighted by atomic mass is 10.1. The Morgan fingerprint density at radius 3 is 2.18 bits per heavy atom. The minimum Gasteiger partial charge on any atom is -0.371 e. The number of nitrogens with two attached hydrogens (primary N) is 2. The van der Waals surface area contributed by atoms with Crippen molar-refractivity contribution in [1.82, 2.24) is 5.32 Å². The van der Waals surface area contributed by atoms with Crippen LogP contribution in [0.3, 0.4) is 0 Å². The number of benzene rings is 1. The van der Waals surface area contributed by atoms with Gasteiger partial charge in [-0.2, -0.15) is 0 Å². The second kappa shape index (κ2) is 8.51. The summed E-state index contributed by atoms with van der Waals surface area (Å²) in [5, 5.41) is 3.24. The Bertz CT molecular complexity index is 434. The molecule has 3 rings (SSSR count). The molecule has 2 saturated heterocycles. The quantitative estimate of drug-likeness (QED) is 0.794. The molecular weight excluding hydrogens is 272 g/mol. The van der Waals surface area contributed by atoms with Gasteiger partial charge in [-0.05, 0) is 88.0 Å². The zero-order chi connectivity index (χ0) is 15.9. The van der Waals surface area contributed by atoms with E-state index >= 15 is 0 Å². The van der Waals surface area contributed by atoms with Crippen LogP contribution in [-0.4, -0.2) is 39.3 Å². The summed E-state index contributed by atoms with van der Waals surface area (Å²) in [7, 11) is 0. The average molecular weight is 304 g/mol. The molecule has 0 radical (unpaired) electrons. The molecule has 2 aliphatic rings. The third kappa shape index (κ3) is 4.97. The molecule has 2 aliphatic heterocycles. The maximum Gasteiger partial charge on any atom is 0.0371 e. The predicted octanol–water partition coefficient (Wildman–Crippen LogP) is 1.64. The Morgan fingerprint density at radius 2 is 1.73 bits per heavy atom. The van der Waals surface area contributed by atoms with Gasteiger partial charge in [-0.15, -0.1) is 0 Å². The molecule has 2 unspecified atom stereocenters. The number of nitrogens with one attached hydrogen (secondary N) is 1. The van der Waals surface area contributed by atoms with Gasteiger partial charge in [0.25, 0.3) is 0 Å². The van der Waals surface area contributed by atoms with E-state index in [0.717, 1.165) is 38.6 Å². The van der Waals surface area contributed by atoms with E-state index in [9.17, 15) is 0 Å². The number of hydrogen-bond donors (Lipinski definition) is 3. The topological polar surface area (TPSA) is 67.3 Å². The van der Waals surface area contributed by atoms with E-state index in [1.165, 1.54) is 36.2 Å². The van der Waals surface area contributed by atoms with Gasteiger partial charge in [0.15, 0.2) is 0 Å². The summed E-state index contributed by atoms with van der Waals surface area (Å²) in [5.41, 5.74) is 15.2. The first kappa shape index (κ1) is 17.3. The lowest BCUT2D eigenvalue weighted by molar-refractivity contribution is 0.596. The Morgan fingerprint density at radius 1 is 1.05 bits per heavy atom. The first-order valence-corrected chi connectivity index (χ1v) is 8.56. The van der Waals surface area contributed by atoms with Gasteiger partial charge in [0.2, 0.25) is 0 Å². The van der Waals surface area contributed by atoms with Gasteiger partial charge in [0, 0.05) is 18.8 Å². The molecule has 4 nitrogen and oxygen atoms in total. The molecule has 22 heavy (non-hydrogen) atoms. The smallest absolute Gasteiger partial charge is 0.0371 e. The normalized spacial score (nSPS) is 24.3. The Balaban J connectivity index is 0.000000211. The summed E-state index contributed by atoms with van der Waals surface area (Å²) in [6, 6.07) is 6.76. The molecule has 2 atom stereocenters. The molecule has 0 bridgehead atoms. The number of hydrogen-bond acceptors (Lipinski definition) is 4. The van der Waals surface area contributed by atoms with Crippen molar-refractivity contribution in [2.45, 2.75) is 26.7 Å². The molecule has 4 heteroatoms. The predicted molar refractivity (Wildman–Crippen MR) is 95.3 cm³/mol. The monoisotopic (exact) mass is 304 g/mol. The fourth-order valence-corrected chi connectivity index (χ4v) is 3.31. The van der Waals surface area contributed by atoms with Crippen molar-refractivity contribution in [3.63, 3.8) is 0 Å². The maximum atomic E-state index is 5.71. The molecule has 1 aromatic rings. The van der Waals surface area contributed by atoms with E-state index in [0.29, 0.717) is 5.92 Å².